The molecule has 0 aliphatic rings. The SMILES string of the molecule is COc1ccccc1NC(=O)COc1ccc(/C=N\NC(=O)CN(c2ccc(I)cc2)S(C)(=O)=O)cc1. The molecule has 0 radical (unpaired) electrons. The number of hydrogen-bond acceptors (Lipinski definition) is 7. The average molecular weight is 636 g/mol. The number of rotatable bonds is 11. The van der Waals surface area contributed by atoms with E-state index in [1.165, 1.54) is 13.3 Å². The van der Waals surface area contributed by atoms with E-state index < -0.39 is 22.5 Å². The maximum absolute atomic E-state index is 12.3. The highest BCUT2D eigenvalue weighted by Crippen LogP contribution is 2.23. The van der Waals surface area contributed by atoms with Crippen LogP contribution < -0.4 is 24.5 Å². The van der Waals surface area contributed by atoms with Crippen LogP contribution in [-0.2, 0) is 19.6 Å². The number of para-hydroxylation sites is 2. The second kappa shape index (κ2) is 13.1. The van der Waals surface area contributed by atoms with Gasteiger partial charge in [0, 0.05) is 3.57 Å². The number of halogens is 1. The van der Waals surface area contributed by atoms with Crippen LogP contribution in [0.2, 0.25) is 0 Å². The van der Waals surface area contributed by atoms with Crippen molar-refractivity contribution < 1.29 is 27.5 Å². The van der Waals surface area contributed by atoms with Crippen molar-refractivity contribution in [2.45, 2.75) is 0 Å². The molecule has 0 aromatic heterocycles. The number of ether oxygens (including phenoxy) is 2. The molecule has 2 amide bonds. The minimum Gasteiger partial charge on any atom is -0.495 e. The largest absolute Gasteiger partial charge is 0.495 e. The number of benzene rings is 3. The first-order chi connectivity index (χ1) is 17.7. The van der Waals surface area contributed by atoms with Gasteiger partial charge in [-0.1, -0.05) is 12.1 Å². The monoisotopic (exact) mass is 636 g/mol. The van der Waals surface area contributed by atoms with Crippen molar-refractivity contribution in [3.05, 3.63) is 81.9 Å². The van der Waals surface area contributed by atoms with Gasteiger partial charge in [-0.3, -0.25) is 13.9 Å². The van der Waals surface area contributed by atoms with Gasteiger partial charge in [-0.05, 0) is 88.8 Å². The zero-order valence-electron chi connectivity index (χ0n) is 20.0. The lowest BCUT2D eigenvalue weighted by Gasteiger charge is -2.21. The zero-order chi connectivity index (χ0) is 26.8. The topological polar surface area (TPSA) is 126 Å². The van der Waals surface area contributed by atoms with E-state index >= 15 is 0 Å². The predicted octanol–water partition coefficient (Wildman–Crippen LogP) is 3.23. The Morgan fingerprint density at radius 1 is 1.00 bits per heavy atom. The highest BCUT2D eigenvalue weighted by Gasteiger charge is 2.20. The smallest absolute Gasteiger partial charge is 0.262 e. The van der Waals surface area contributed by atoms with Crippen LogP contribution in [0, 0.1) is 3.57 Å². The highest BCUT2D eigenvalue weighted by molar-refractivity contribution is 14.1. The summed E-state index contributed by atoms with van der Waals surface area (Å²) in [5, 5.41) is 6.61. The van der Waals surface area contributed by atoms with Gasteiger partial charge >= 0.3 is 0 Å². The number of carbonyl (C=O) groups is 2. The summed E-state index contributed by atoms with van der Waals surface area (Å²) in [4.78, 5) is 24.5. The number of nitrogens with zero attached hydrogens (tertiary/aromatic N) is 2. The third-order valence-corrected chi connectivity index (χ3v) is 6.70. The van der Waals surface area contributed by atoms with Crippen LogP contribution in [-0.4, -0.2) is 53.0 Å². The maximum Gasteiger partial charge on any atom is 0.262 e. The van der Waals surface area contributed by atoms with Crippen molar-refractivity contribution in [1.82, 2.24) is 5.43 Å². The van der Waals surface area contributed by atoms with E-state index in [1.807, 2.05) is 0 Å². The lowest BCUT2D eigenvalue weighted by molar-refractivity contribution is -0.119. The van der Waals surface area contributed by atoms with Gasteiger partial charge in [-0.2, -0.15) is 5.10 Å². The number of carbonyl (C=O) groups excluding carboxylic acids is 2. The molecule has 3 rings (SSSR count). The molecule has 0 aliphatic heterocycles. The van der Waals surface area contributed by atoms with Crippen LogP contribution >= 0.6 is 22.6 Å². The number of anilines is 2. The Hall–Kier alpha value is -3.65. The number of amides is 2. The minimum absolute atomic E-state index is 0.195. The summed E-state index contributed by atoms with van der Waals surface area (Å²) in [6.45, 7) is -0.612. The number of hydrogen-bond donors (Lipinski definition) is 2. The normalized spacial score (nSPS) is 11.1. The molecule has 0 unspecified atom stereocenters. The molecular weight excluding hydrogens is 611 g/mol. The lowest BCUT2D eigenvalue weighted by Crippen LogP contribution is -2.39. The second-order valence-corrected chi connectivity index (χ2v) is 10.8. The summed E-state index contributed by atoms with van der Waals surface area (Å²) < 4.78 is 37.0. The second-order valence-electron chi connectivity index (χ2n) is 7.65. The fourth-order valence-electron chi connectivity index (χ4n) is 3.09. The zero-order valence-corrected chi connectivity index (χ0v) is 23.0. The van der Waals surface area contributed by atoms with E-state index in [9.17, 15) is 18.0 Å². The molecule has 0 saturated heterocycles. The Morgan fingerprint density at radius 3 is 2.32 bits per heavy atom. The van der Waals surface area contributed by atoms with Gasteiger partial charge in [-0.15, -0.1) is 0 Å². The van der Waals surface area contributed by atoms with Crippen molar-refractivity contribution in [1.29, 1.82) is 0 Å². The van der Waals surface area contributed by atoms with Gasteiger partial charge in [0.25, 0.3) is 11.8 Å². The molecule has 0 aliphatic carbocycles. The summed E-state index contributed by atoms with van der Waals surface area (Å²) in [6.07, 6.45) is 2.44. The third-order valence-electron chi connectivity index (χ3n) is 4.84. The Bertz CT molecular complexity index is 1360. The summed E-state index contributed by atoms with van der Waals surface area (Å²) >= 11 is 2.11. The highest BCUT2D eigenvalue weighted by atomic mass is 127. The van der Waals surface area contributed by atoms with E-state index in [4.69, 9.17) is 9.47 Å². The number of methoxy groups -OCH3 is 1. The van der Waals surface area contributed by atoms with Gasteiger partial charge in [0.2, 0.25) is 10.0 Å². The molecule has 0 spiro atoms. The molecule has 12 heteroatoms. The molecule has 2 N–H and O–H groups in total. The van der Waals surface area contributed by atoms with E-state index in [0.29, 0.717) is 28.4 Å². The van der Waals surface area contributed by atoms with E-state index in [-0.39, 0.29) is 12.5 Å². The van der Waals surface area contributed by atoms with E-state index in [0.717, 1.165) is 14.1 Å². The molecule has 0 bridgehead atoms. The van der Waals surface area contributed by atoms with Gasteiger partial charge < -0.3 is 14.8 Å². The molecule has 0 saturated carbocycles. The van der Waals surface area contributed by atoms with Crippen molar-refractivity contribution in [3.63, 3.8) is 0 Å². The predicted molar refractivity (Wildman–Crippen MR) is 151 cm³/mol. The van der Waals surface area contributed by atoms with Crippen molar-refractivity contribution >= 4 is 62.0 Å². The first-order valence-electron chi connectivity index (χ1n) is 10.9. The van der Waals surface area contributed by atoms with Gasteiger partial charge in [0.15, 0.2) is 6.61 Å². The Kier molecular flexibility index (Phi) is 9.85. The molecule has 37 heavy (non-hydrogen) atoms. The lowest BCUT2D eigenvalue weighted by atomic mass is 10.2. The van der Waals surface area contributed by atoms with Crippen LogP contribution in [0.5, 0.6) is 11.5 Å². The third kappa shape index (κ3) is 8.75. The average Bonchev–Trinajstić information content (AvgIpc) is 2.87. The molecule has 3 aromatic rings. The molecule has 0 heterocycles. The number of sulfonamides is 1. The molecule has 0 fully saturated rings. The Morgan fingerprint density at radius 2 is 1.68 bits per heavy atom. The van der Waals surface area contributed by atoms with Crippen LogP contribution in [0.1, 0.15) is 5.56 Å². The fourth-order valence-corrected chi connectivity index (χ4v) is 4.30. The van der Waals surface area contributed by atoms with Crippen LogP contribution in [0.15, 0.2) is 77.9 Å². The van der Waals surface area contributed by atoms with Crippen LogP contribution in [0.4, 0.5) is 11.4 Å². The summed E-state index contributed by atoms with van der Waals surface area (Å²) in [7, 11) is -2.15. The Balaban J connectivity index is 1.50. The molecular formula is C25H25IN4O6S. The van der Waals surface area contributed by atoms with Crippen molar-refractivity contribution in [3.8, 4) is 11.5 Å². The van der Waals surface area contributed by atoms with Crippen molar-refractivity contribution in [2.24, 2.45) is 5.10 Å². The summed E-state index contributed by atoms with van der Waals surface area (Å²) in [5.74, 6) is 0.0793. The molecule has 3 aromatic carbocycles. The van der Waals surface area contributed by atoms with Crippen LogP contribution in [0.3, 0.4) is 0 Å². The summed E-state index contributed by atoms with van der Waals surface area (Å²) in [5.41, 5.74) is 3.92. The maximum atomic E-state index is 12.3. The number of hydrazone groups is 1. The van der Waals surface area contributed by atoms with Gasteiger partial charge in [0.1, 0.15) is 18.0 Å². The van der Waals surface area contributed by atoms with E-state index in [2.05, 4.69) is 38.4 Å². The minimum atomic E-state index is -3.67. The quantitative estimate of drug-likeness (QED) is 0.189. The fraction of sp³-hybridized carbons (Fsp3) is 0.160. The van der Waals surface area contributed by atoms with Crippen LogP contribution in [0.25, 0.3) is 0 Å². The Labute approximate surface area is 228 Å². The first kappa shape index (κ1) is 27.9. The van der Waals surface area contributed by atoms with Gasteiger partial charge in [-0.25, -0.2) is 13.8 Å². The van der Waals surface area contributed by atoms with Crippen molar-refractivity contribution in [2.75, 3.05) is 36.1 Å². The summed E-state index contributed by atoms with van der Waals surface area (Å²) in [6, 6.07) is 20.5. The molecule has 10 nitrogen and oxygen atoms in total. The number of nitrogens with one attached hydrogen (secondary N) is 2. The van der Waals surface area contributed by atoms with E-state index in [1.54, 1.807) is 72.8 Å². The van der Waals surface area contributed by atoms with Gasteiger partial charge in [0.05, 0.1) is 31.0 Å². The molecule has 0 atom stereocenters. The standard InChI is InChI=1S/C25H25IN4O6S/c1-35-23-6-4-3-5-22(23)28-25(32)17-36-21-13-7-18(8-14-21)15-27-29-24(31)16-30(37(2,33)34)20-11-9-19(26)10-12-20/h3-15H,16-17H2,1-2H3,(H,28,32)(H,29,31)/b27-15-. The molecule has 194 valence electrons. The first-order valence-corrected chi connectivity index (χ1v) is 13.8.